The SMILES string of the molecule is CCOP(=O)(OCC)[C@]1(NC(C)=O)C[C@@]1(c1ccccc1)C(C)C. The van der Waals surface area contributed by atoms with Gasteiger partial charge in [-0.15, -0.1) is 0 Å². The van der Waals surface area contributed by atoms with E-state index in [9.17, 15) is 9.36 Å². The third-order valence-corrected chi connectivity index (χ3v) is 7.67. The summed E-state index contributed by atoms with van der Waals surface area (Å²) in [5.74, 6) is -0.0749. The predicted octanol–water partition coefficient (Wildman–Crippen LogP) is 4.08. The average Bonchev–Trinajstić information content (AvgIpc) is 3.20. The lowest BCUT2D eigenvalue weighted by Gasteiger charge is -2.34. The van der Waals surface area contributed by atoms with Gasteiger partial charge in [-0.25, -0.2) is 0 Å². The molecule has 0 spiro atoms. The Hall–Kier alpha value is -1.16. The first-order chi connectivity index (χ1) is 11.3. The Morgan fingerprint density at radius 1 is 1.21 bits per heavy atom. The number of benzene rings is 1. The first kappa shape index (κ1) is 19.2. The summed E-state index contributed by atoms with van der Waals surface area (Å²) in [5, 5.41) is 1.94. The quantitative estimate of drug-likeness (QED) is 0.715. The van der Waals surface area contributed by atoms with Crippen LogP contribution in [0.25, 0.3) is 0 Å². The number of nitrogens with one attached hydrogen (secondary N) is 1. The van der Waals surface area contributed by atoms with Crippen LogP contribution in [0.15, 0.2) is 30.3 Å². The van der Waals surface area contributed by atoms with Crippen molar-refractivity contribution >= 4 is 13.5 Å². The van der Waals surface area contributed by atoms with Crippen molar-refractivity contribution in [2.45, 2.75) is 51.7 Å². The van der Waals surface area contributed by atoms with Gasteiger partial charge in [0.15, 0.2) is 5.28 Å². The Bertz CT molecular complexity index is 623. The van der Waals surface area contributed by atoms with E-state index in [0.717, 1.165) is 5.56 Å². The van der Waals surface area contributed by atoms with Gasteiger partial charge in [-0.2, -0.15) is 0 Å². The van der Waals surface area contributed by atoms with Crippen LogP contribution in [0.4, 0.5) is 0 Å². The molecule has 24 heavy (non-hydrogen) atoms. The third kappa shape index (κ3) is 2.83. The maximum absolute atomic E-state index is 13.7. The van der Waals surface area contributed by atoms with E-state index in [0.29, 0.717) is 6.42 Å². The van der Waals surface area contributed by atoms with E-state index in [1.54, 1.807) is 13.8 Å². The molecule has 6 heteroatoms. The zero-order valence-electron chi connectivity index (χ0n) is 15.2. The summed E-state index contributed by atoms with van der Waals surface area (Å²) in [5.41, 5.74) is 0.577. The number of amides is 1. The molecule has 1 N–H and O–H groups in total. The number of carbonyl (C=O) groups excluding carboxylic acids is 1. The topological polar surface area (TPSA) is 64.6 Å². The molecule has 0 radical (unpaired) electrons. The average molecular weight is 353 g/mol. The van der Waals surface area contributed by atoms with Crippen molar-refractivity contribution in [3.05, 3.63) is 35.9 Å². The summed E-state index contributed by atoms with van der Waals surface area (Å²) < 4.78 is 25.0. The summed E-state index contributed by atoms with van der Waals surface area (Å²) >= 11 is 0. The van der Waals surface area contributed by atoms with Gasteiger partial charge in [-0.05, 0) is 31.7 Å². The zero-order chi connectivity index (χ0) is 18.0. The predicted molar refractivity (Wildman–Crippen MR) is 95.0 cm³/mol. The highest BCUT2D eigenvalue weighted by atomic mass is 31.2. The van der Waals surface area contributed by atoms with E-state index in [4.69, 9.17) is 9.05 Å². The molecule has 1 aromatic rings. The number of carbonyl (C=O) groups is 1. The van der Waals surface area contributed by atoms with Gasteiger partial charge in [0, 0.05) is 12.3 Å². The van der Waals surface area contributed by atoms with E-state index in [2.05, 4.69) is 19.2 Å². The van der Waals surface area contributed by atoms with Crippen LogP contribution in [0, 0.1) is 5.92 Å². The molecule has 0 unspecified atom stereocenters. The maximum atomic E-state index is 13.7. The molecule has 0 aromatic heterocycles. The van der Waals surface area contributed by atoms with Crippen LogP contribution in [0.3, 0.4) is 0 Å². The van der Waals surface area contributed by atoms with Gasteiger partial charge in [0.2, 0.25) is 5.91 Å². The highest BCUT2D eigenvalue weighted by molar-refractivity contribution is 7.56. The highest BCUT2D eigenvalue weighted by Gasteiger charge is 2.80. The van der Waals surface area contributed by atoms with Gasteiger partial charge >= 0.3 is 7.60 Å². The molecule has 1 amide bonds. The normalized spacial score (nSPS) is 26.4. The summed E-state index contributed by atoms with van der Waals surface area (Å²) in [4.78, 5) is 12.0. The molecular weight excluding hydrogens is 325 g/mol. The summed E-state index contributed by atoms with van der Waals surface area (Å²) in [6.45, 7) is 9.71. The Balaban J connectivity index is 2.62. The van der Waals surface area contributed by atoms with E-state index in [1.165, 1.54) is 6.92 Å². The van der Waals surface area contributed by atoms with Crippen LogP contribution in [-0.2, 0) is 23.8 Å². The molecule has 0 saturated heterocycles. The molecule has 2 rings (SSSR count). The molecule has 1 saturated carbocycles. The van der Waals surface area contributed by atoms with E-state index in [1.807, 2.05) is 30.3 Å². The molecule has 0 bridgehead atoms. The fraction of sp³-hybridized carbons (Fsp3) is 0.611. The van der Waals surface area contributed by atoms with Crippen LogP contribution in [0.2, 0.25) is 0 Å². The molecule has 1 fully saturated rings. The van der Waals surface area contributed by atoms with Gasteiger partial charge < -0.3 is 14.4 Å². The van der Waals surface area contributed by atoms with Crippen molar-refractivity contribution in [1.29, 1.82) is 0 Å². The van der Waals surface area contributed by atoms with Crippen molar-refractivity contribution in [2.75, 3.05) is 13.2 Å². The Morgan fingerprint density at radius 2 is 1.75 bits per heavy atom. The lowest BCUT2D eigenvalue weighted by Crippen LogP contribution is -2.44. The maximum Gasteiger partial charge on any atom is 0.356 e. The van der Waals surface area contributed by atoms with Crippen LogP contribution >= 0.6 is 7.60 Å². The smallest absolute Gasteiger partial charge is 0.339 e. The minimum Gasteiger partial charge on any atom is -0.339 e. The largest absolute Gasteiger partial charge is 0.356 e. The fourth-order valence-electron chi connectivity index (χ4n) is 3.90. The Labute approximate surface area is 144 Å². The number of hydrogen-bond donors (Lipinski definition) is 1. The lowest BCUT2D eigenvalue weighted by atomic mass is 9.84. The second-order valence-corrected chi connectivity index (χ2v) is 8.82. The summed E-state index contributed by atoms with van der Waals surface area (Å²) in [6.07, 6.45) is 0.540. The van der Waals surface area contributed by atoms with E-state index in [-0.39, 0.29) is 25.0 Å². The molecule has 0 aliphatic heterocycles. The molecule has 1 aliphatic rings. The zero-order valence-corrected chi connectivity index (χ0v) is 16.1. The first-order valence-corrected chi connectivity index (χ1v) is 10.1. The Kier molecular flexibility index (Phi) is 5.58. The van der Waals surface area contributed by atoms with Gasteiger partial charge in [0.25, 0.3) is 0 Å². The third-order valence-electron chi connectivity index (χ3n) is 4.87. The molecule has 2 atom stereocenters. The van der Waals surface area contributed by atoms with Gasteiger partial charge in [-0.1, -0.05) is 44.2 Å². The van der Waals surface area contributed by atoms with Crippen LogP contribution in [0.1, 0.15) is 46.6 Å². The minimum absolute atomic E-state index is 0.154. The lowest BCUT2D eigenvalue weighted by molar-refractivity contribution is -0.119. The van der Waals surface area contributed by atoms with Gasteiger partial charge in [0.05, 0.1) is 13.2 Å². The van der Waals surface area contributed by atoms with Crippen molar-refractivity contribution in [3.63, 3.8) is 0 Å². The highest BCUT2D eigenvalue weighted by Crippen LogP contribution is 2.80. The molecule has 134 valence electrons. The second kappa shape index (κ2) is 6.99. The van der Waals surface area contributed by atoms with Crippen molar-refractivity contribution < 1.29 is 18.4 Å². The van der Waals surface area contributed by atoms with Crippen molar-refractivity contribution in [1.82, 2.24) is 5.32 Å². The minimum atomic E-state index is -3.54. The van der Waals surface area contributed by atoms with Crippen molar-refractivity contribution in [3.8, 4) is 0 Å². The molecule has 5 nitrogen and oxygen atoms in total. The summed E-state index contributed by atoms with van der Waals surface area (Å²) in [7, 11) is -3.54. The molecule has 1 aromatic carbocycles. The van der Waals surface area contributed by atoms with Crippen LogP contribution < -0.4 is 5.32 Å². The molecular formula is C18H28NO4P. The van der Waals surface area contributed by atoms with E-state index < -0.39 is 18.3 Å². The van der Waals surface area contributed by atoms with E-state index >= 15 is 0 Å². The standard InChI is InChI=1S/C18H28NO4P/c1-6-22-24(21,23-7-2)18(19-15(5)20)13-17(18,14(3)4)16-11-9-8-10-12-16/h8-12,14H,6-7,13H2,1-5H3,(H,19,20)/t17-,18+/m0/s1. The number of hydrogen-bond acceptors (Lipinski definition) is 4. The second-order valence-electron chi connectivity index (χ2n) is 6.54. The molecule has 1 aliphatic carbocycles. The first-order valence-electron chi connectivity index (χ1n) is 8.53. The molecule has 0 heterocycles. The van der Waals surface area contributed by atoms with Gasteiger partial charge in [0.1, 0.15) is 0 Å². The Morgan fingerprint density at radius 3 is 2.17 bits per heavy atom. The van der Waals surface area contributed by atoms with Gasteiger partial charge in [-0.3, -0.25) is 9.36 Å². The van der Waals surface area contributed by atoms with Crippen LogP contribution in [-0.4, -0.2) is 24.4 Å². The monoisotopic (exact) mass is 353 g/mol. The van der Waals surface area contributed by atoms with Crippen molar-refractivity contribution in [2.24, 2.45) is 5.92 Å². The fourth-order valence-corrected chi connectivity index (χ4v) is 6.71. The van der Waals surface area contributed by atoms with Crippen LogP contribution in [0.5, 0.6) is 0 Å². The summed E-state index contributed by atoms with van der Waals surface area (Å²) in [6, 6.07) is 9.91. The number of rotatable bonds is 8.